The number of nitrogens with zero attached hydrogens (tertiary/aromatic N) is 2. The minimum Gasteiger partial charge on any atom is -0.481 e. The molecule has 0 spiro atoms. The lowest BCUT2D eigenvalue weighted by Gasteiger charge is -2.25. The van der Waals surface area contributed by atoms with Crippen molar-refractivity contribution in [3.8, 4) is 0 Å². The summed E-state index contributed by atoms with van der Waals surface area (Å²) in [6, 6.07) is 28.4. The largest absolute Gasteiger partial charge is 0.481 e. The van der Waals surface area contributed by atoms with Crippen LogP contribution in [0, 0.1) is 0 Å². The Labute approximate surface area is 200 Å². The molecule has 0 atom stereocenters. The molecule has 0 aliphatic carbocycles. The summed E-state index contributed by atoms with van der Waals surface area (Å²) in [4.78, 5) is 24.6. The van der Waals surface area contributed by atoms with Crippen molar-refractivity contribution in [1.29, 1.82) is 0 Å². The number of para-hydroxylation sites is 2. The summed E-state index contributed by atoms with van der Waals surface area (Å²) < 4.78 is 0. The minimum atomic E-state index is -0.753. The highest BCUT2D eigenvalue weighted by atomic mass is 16.4. The summed E-state index contributed by atoms with van der Waals surface area (Å²) in [5.74, 6) is -0.866. The van der Waals surface area contributed by atoms with E-state index in [2.05, 4.69) is 39.7 Å². The van der Waals surface area contributed by atoms with Gasteiger partial charge in [0.25, 0.3) is 0 Å². The van der Waals surface area contributed by atoms with Crippen LogP contribution in [0.5, 0.6) is 0 Å². The van der Waals surface area contributed by atoms with Crippen LogP contribution in [-0.4, -0.2) is 23.2 Å². The van der Waals surface area contributed by atoms with Crippen LogP contribution < -0.4 is 10.3 Å². The first-order valence-electron chi connectivity index (χ1n) is 11.7. The zero-order valence-electron chi connectivity index (χ0n) is 19.3. The molecule has 2 N–H and O–H groups in total. The highest BCUT2D eigenvalue weighted by Crippen LogP contribution is 2.33. The molecule has 0 saturated carbocycles. The van der Waals surface area contributed by atoms with E-state index >= 15 is 0 Å². The van der Waals surface area contributed by atoms with Crippen molar-refractivity contribution in [3.05, 3.63) is 90.5 Å². The van der Waals surface area contributed by atoms with Gasteiger partial charge in [0, 0.05) is 29.9 Å². The van der Waals surface area contributed by atoms with Crippen LogP contribution in [0.1, 0.15) is 50.5 Å². The van der Waals surface area contributed by atoms with Gasteiger partial charge in [0.1, 0.15) is 0 Å². The molecule has 176 valence electrons. The average Bonchev–Trinajstić information content (AvgIpc) is 2.86. The predicted octanol–water partition coefficient (Wildman–Crippen LogP) is 6.42. The van der Waals surface area contributed by atoms with Crippen molar-refractivity contribution >= 4 is 35.2 Å². The molecule has 0 aromatic heterocycles. The van der Waals surface area contributed by atoms with Crippen LogP contribution in [0.2, 0.25) is 0 Å². The van der Waals surface area contributed by atoms with Crippen LogP contribution in [0.15, 0.2) is 90.0 Å². The molecule has 1 amide bonds. The summed E-state index contributed by atoms with van der Waals surface area (Å²) >= 11 is 0. The summed E-state index contributed by atoms with van der Waals surface area (Å²) in [6.45, 7) is 0. The quantitative estimate of drug-likeness (QED) is 0.176. The van der Waals surface area contributed by atoms with Crippen LogP contribution >= 0.6 is 0 Å². The van der Waals surface area contributed by atoms with E-state index in [0.29, 0.717) is 12.8 Å². The third-order valence-corrected chi connectivity index (χ3v) is 5.38. The van der Waals surface area contributed by atoms with Crippen molar-refractivity contribution in [1.82, 2.24) is 5.43 Å². The van der Waals surface area contributed by atoms with Gasteiger partial charge in [-0.1, -0.05) is 67.8 Å². The zero-order valence-corrected chi connectivity index (χ0v) is 19.3. The Kier molecular flexibility index (Phi) is 9.87. The second-order valence-electron chi connectivity index (χ2n) is 8.05. The van der Waals surface area contributed by atoms with E-state index in [4.69, 9.17) is 5.11 Å². The highest BCUT2D eigenvalue weighted by Gasteiger charge is 2.11. The second-order valence-corrected chi connectivity index (χ2v) is 8.05. The number of benzene rings is 3. The van der Waals surface area contributed by atoms with E-state index in [-0.39, 0.29) is 12.3 Å². The summed E-state index contributed by atoms with van der Waals surface area (Å²) in [5.41, 5.74) is 6.65. The Morgan fingerprint density at radius 3 is 1.76 bits per heavy atom. The number of carboxylic acids is 1. The van der Waals surface area contributed by atoms with Gasteiger partial charge < -0.3 is 10.0 Å². The summed E-state index contributed by atoms with van der Waals surface area (Å²) in [6.07, 6.45) is 6.48. The van der Waals surface area contributed by atoms with Crippen molar-refractivity contribution in [2.45, 2.75) is 44.9 Å². The predicted molar refractivity (Wildman–Crippen MR) is 137 cm³/mol. The molecule has 3 rings (SSSR count). The first kappa shape index (κ1) is 24.7. The van der Waals surface area contributed by atoms with Crippen LogP contribution in [0.25, 0.3) is 0 Å². The van der Waals surface area contributed by atoms with Gasteiger partial charge in [-0.3, -0.25) is 9.59 Å². The van der Waals surface area contributed by atoms with Crippen LogP contribution in [-0.2, 0) is 9.59 Å². The highest BCUT2D eigenvalue weighted by molar-refractivity contribution is 5.84. The Morgan fingerprint density at radius 2 is 1.21 bits per heavy atom. The molecule has 0 fully saturated rings. The van der Waals surface area contributed by atoms with E-state index < -0.39 is 5.97 Å². The van der Waals surface area contributed by atoms with Gasteiger partial charge in [-0.25, -0.2) is 5.43 Å². The van der Waals surface area contributed by atoms with Crippen LogP contribution in [0.3, 0.4) is 0 Å². The van der Waals surface area contributed by atoms with E-state index in [1.54, 1.807) is 6.21 Å². The Bertz CT molecular complexity index is 1010. The average molecular weight is 458 g/mol. The number of carbonyl (C=O) groups excluding carboxylic acids is 1. The zero-order chi connectivity index (χ0) is 24.0. The Hall–Kier alpha value is -3.93. The fourth-order valence-corrected chi connectivity index (χ4v) is 3.64. The van der Waals surface area contributed by atoms with Gasteiger partial charge in [0.05, 0.1) is 6.21 Å². The maximum Gasteiger partial charge on any atom is 0.303 e. The first-order chi connectivity index (χ1) is 16.6. The number of carboxylic acid groups (broad SMARTS) is 1. The minimum absolute atomic E-state index is 0.113. The van der Waals surface area contributed by atoms with E-state index in [1.165, 1.54) is 0 Å². The lowest BCUT2D eigenvalue weighted by Crippen LogP contribution is -2.16. The summed E-state index contributed by atoms with van der Waals surface area (Å²) in [7, 11) is 0. The number of anilines is 3. The standard InChI is InChI=1S/C28H31N3O3/c32-27(16-10-2-1-3-11-17-28(33)34)30-29-22-23-18-20-26(21-19-23)31(24-12-6-4-7-13-24)25-14-8-5-9-15-25/h4-9,12-15,18-22H,1-3,10-11,16-17H2,(H,30,32)(H,33,34)/b29-22+. The van der Waals surface area contributed by atoms with Gasteiger partial charge in [0.2, 0.25) is 5.91 Å². The molecular weight excluding hydrogens is 426 g/mol. The number of rotatable bonds is 13. The molecule has 6 heteroatoms. The topological polar surface area (TPSA) is 82.0 Å². The molecule has 0 radical (unpaired) electrons. The molecule has 6 nitrogen and oxygen atoms in total. The van der Waals surface area contributed by atoms with Gasteiger partial charge in [-0.15, -0.1) is 0 Å². The number of hydrazone groups is 1. The first-order valence-corrected chi connectivity index (χ1v) is 11.7. The number of hydrogen-bond acceptors (Lipinski definition) is 4. The molecule has 0 bridgehead atoms. The number of hydrogen-bond donors (Lipinski definition) is 2. The van der Waals surface area contributed by atoms with Gasteiger partial charge in [0.15, 0.2) is 0 Å². The normalized spacial score (nSPS) is 10.8. The SMILES string of the molecule is O=C(O)CCCCCCCC(=O)N/N=C/c1ccc(N(c2ccccc2)c2ccccc2)cc1. The number of unbranched alkanes of at least 4 members (excludes halogenated alkanes) is 4. The lowest BCUT2D eigenvalue weighted by atomic mass is 10.1. The van der Waals surface area contributed by atoms with Crippen molar-refractivity contribution in [2.75, 3.05) is 4.90 Å². The number of nitrogens with one attached hydrogen (secondary N) is 1. The molecule has 0 saturated heterocycles. The van der Waals surface area contributed by atoms with Gasteiger partial charge in [-0.2, -0.15) is 5.10 Å². The maximum absolute atomic E-state index is 12.0. The molecule has 0 aliphatic heterocycles. The monoisotopic (exact) mass is 457 g/mol. The Balaban J connectivity index is 1.50. The van der Waals surface area contributed by atoms with Crippen molar-refractivity contribution in [3.63, 3.8) is 0 Å². The van der Waals surface area contributed by atoms with E-state index in [1.807, 2.05) is 60.7 Å². The molecule has 0 heterocycles. The van der Waals surface area contributed by atoms with E-state index in [0.717, 1.165) is 48.3 Å². The molecular formula is C28H31N3O3. The Morgan fingerprint density at radius 1 is 0.706 bits per heavy atom. The van der Waals surface area contributed by atoms with Crippen LogP contribution in [0.4, 0.5) is 17.1 Å². The smallest absolute Gasteiger partial charge is 0.303 e. The van der Waals surface area contributed by atoms with Gasteiger partial charge >= 0.3 is 5.97 Å². The molecule has 0 aliphatic rings. The van der Waals surface area contributed by atoms with E-state index in [9.17, 15) is 9.59 Å². The molecule has 0 unspecified atom stereocenters. The number of carbonyl (C=O) groups is 2. The van der Waals surface area contributed by atoms with Crippen molar-refractivity contribution in [2.24, 2.45) is 5.10 Å². The third-order valence-electron chi connectivity index (χ3n) is 5.38. The molecule has 3 aromatic rings. The molecule has 3 aromatic carbocycles. The third kappa shape index (κ3) is 8.20. The summed E-state index contributed by atoms with van der Waals surface area (Å²) in [5, 5.41) is 12.7. The fourth-order valence-electron chi connectivity index (χ4n) is 3.64. The number of amides is 1. The second kappa shape index (κ2) is 13.6. The molecule has 34 heavy (non-hydrogen) atoms. The number of aliphatic carboxylic acids is 1. The fraction of sp³-hybridized carbons (Fsp3) is 0.250. The maximum atomic E-state index is 12.0. The lowest BCUT2D eigenvalue weighted by molar-refractivity contribution is -0.137. The van der Waals surface area contributed by atoms with Crippen molar-refractivity contribution < 1.29 is 14.7 Å². The van der Waals surface area contributed by atoms with Gasteiger partial charge in [-0.05, 0) is 54.8 Å².